The van der Waals surface area contributed by atoms with Gasteiger partial charge in [-0.05, 0) is 37.3 Å². The molecular formula is C13H13FN2O2S. The maximum absolute atomic E-state index is 12.9. The van der Waals surface area contributed by atoms with Crippen molar-refractivity contribution >= 4 is 21.4 Å². The van der Waals surface area contributed by atoms with E-state index in [1.165, 1.54) is 18.2 Å². The quantitative estimate of drug-likeness (QED) is 0.848. The average Bonchev–Trinajstić information content (AvgIpc) is 2.33. The molecule has 3 N–H and O–H groups in total. The van der Waals surface area contributed by atoms with E-state index in [-0.39, 0.29) is 16.3 Å². The average molecular weight is 280 g/mol. The molecule has 2 rings (SSSR count). The van der Waals surface area contributed by atoms with Gasteiger partial charge < -0.3 is 5.73 Å². The zero-order chi connectivity index (χ0) is 14.0. The third kappa shape index (κ3) is 3.03. The van der Waals surface area contributed by atoms with E-state index in [9.17, 15) is 12.8 Å². The first kappa shape index (κ1) is 13.4. The van der Waals surface area contributed by atoms with Gasteiger partial charge in [-0.15, -0.1) is 0 Å². The van der Waals surface area contributed by atoms with Crippen LogP contribution in [0.25, 0.3) is 0 Å². The highest BCUT2D eigenvalue weighted by Gasteiger charge is 2.15. The predicted molar refractivity (Wildman–Crippen MR) is 72.8 cm³/mol. The number of nitrogens with two attached hydrogens (primary N) is 1. The lowest BCUT2D eigenvalue weighted by atomic mass is 10.2. The first-order chi connectivity index (χ1) is 8.88. The third-order valence-electron chi connectivity index (χ3n) is 2.59. The summed E-state index contributed by atoms with van der Waals surface area (Å²) >= 11 is 0. The number of aryl methyl sites for hydroxylation is 1. The fourth-order valence-corrected chi connectivity index (χ4v) is 2.64. The Morgan fingerprint density at radius 3 is 2.32 bits per heavy atom. The van der Waals surface area contributed by atoms with Crippen molar-refractivity contribution < 1.29 is 12.8 Å². The summed E-state index contributed by atoms with van der Waals surface area (Å²) in [6.07, 6.45) is 0. The number of sulfonamides is 1. The molecule has 0 saturated heterocycles. The van der Waals surface area contributed by atoms with Crippen LogP contribution in [0.15, 0.2) is 47.4 Å². The lowest BCUT2D eigenvalue weighted by Gasteiger charge is -2.10. The molecule has 19 heavy (non-hydrogen) atoms. The predicted octanol–water partition coefficient (Wildman–Crippen LogP) is 2.52. The minimum absolute atomic E-state index is 0.0377. The van der Waals surface area contributed by atoms with Crippen molar-refractivity contribution in [3.8, 4) is 0 Å². The van der Waals surface area contributed by atoms with Crippen molar-refractivity contribution in [2.24, 2.45) is 0 Å². The van der Waals surface area contributed by atoms with Crippen LogP contribution in [0.3, 0.4) is 0 Å². The Morgan fingerprint density at radius 1 is 1.11 bits per heavy atom. The second-order valence-corrected chi connectivity index (χ2v) is 5.83. The molecule has 4 nitrogen and oxygen atoms in total. The monoisotopic (exact) mass is 280 g/mol. The fourth-order valence-electron chi connectivity index (χ4n) is 1.55. The van der Waals surface area contributed by atoms with Gasteiger partial charge in [-0.1, -0.05) is 17.7 Å². The Morgan fingerprint density at radius 2 is 1.74 bits per heavy atom. The topological polar surface area (TPSA) is 72.2 Å². The van der Waals surface area contributed by atoms with Crippen molar-refractivity contribution in [3.63, 3.8) is 0 Å². The number of rotatable bonds is 3. The molecule has 0 aromatic heterocycles. The molecule has 100 valence electrons. The first-order valence-corrected chi connectivity index (χ1v) is 7.01. The summed E-state index contributed by atoms with van der Waals surface area (Å²) in [6.45, 7) is 1.86. The molecule has 0 amide bonds. The molecule has 0 unspecified atom stereocenters. The lowest BCUT2D eigenvalue weighted by Crippen LogP contribution is -2.14. The van der Waals surface area contributed by atoms with E-state index in [0.29, 0.717) is 0 Å². The van der Waals surface area contributed by atoms with Crippen molar-refractivity contribution in [1.82, 2.24) is 0 Å². The SMILES string of the molecule is Cc1ccc(S(=O)(=O)Nc2ccc(F)cc2N)cc1. The van der Waals surface area contributed by atoms with Crippen LogP contribution in [0, 0.1) is 12.7 Å². The Bertz CT molecular complexity index is 697. The standard InChI is InChI=1S/C13H13FN2O2S/c1-9-2-5-11(6-3-9)19(17,18)16-13-7-4-10(14)8-12(13)15/h2-8,16H,15H2,1H3. The number of hydrogen-bond acceptors (Lipinski definition) is 3. The number of benzene rings is 2. The van der Waals surface area contributed by atoms with Crippen LogP contribution in [0.5, 0.6) is 0 Å². The van der Waals surface area contributed by atoms with Gasteiger partial charge in [-0.2, -0.15) is 0 Å². The molecule has 0 spiro atoms. The van der Waals surface area contributed by atoms with Gasteiger partial charge in [-0.25, -0.2) is 12.8 Å². The van der Waals surface area contributed by atoms with Gasteiger partial charge in [0.2, 0.25) is 0 Å². The lowest BCUT2D eigenvalue weighted by molar-refractivity contribution is 0.601. The van der Waals surface area contributed by atoms with Gasteiger partial charge in [0, 0.05) is 0 Å². The molecule has 0 saturated carbocycles. The van der Waals surface area contributed by atoms with Gasteiger partial charge in [0.1, 0.15) is 5.82 Å². The van der Waals surface area contributed by atoms with Gasteiger partial charge in [0.25, 0.3) is 10.0 Å². The Hall–Kier alpha value is -2.08. The first-order valence-electron chi connectivity index (χ1n) is 5.53. The summed E-state index contributed by atoms with van der Waals surface area (Å²) in [4.78, 5) is 0.127. The largest absolute Gasteiger partial charge is 0.397 e. The Kier molecular flexibility index (Phi) is 3.44. The summed E-state index contributed by atoms with van der Waals surface area (Å²) in [5.41, 5.74) is 6.71. The zero-order valence-corrected chi connectivity index (χ0v) is 11.0. The minimum atomic E-state index is -3.72. The molecule has 0 aliphatic rings. The number of halogens is 1. The molecule has 6 heteroatoms. The van der Waals surface area contributed by atoms with E-state index in [0.717, 1.165) is 17.7 Å². The van der Waals surface area contributed by atoms with Crippen molar-refractivity contribution in [3.05, 3.63) is 53.8 Å². The van der Waals surface area contributed by atoms with Gasteiger partial charge >= 0.3 is 0 Å². The summed E-state index contributed by atoms with van der Waals surface area (Å²) in [5, 5.41) is 0. The van der Waals surface area contributed by atoms with E-state index in [4.69, 9.17) is 5.73 Å². The zero-order valence-electron chi connectivity index (χ0n) is 10.2. The smallest absolute Gasteiger partial charge is 0.261 e. The van der Waals surface area contributed by atoms with Crippen LogP contribution >= 0.6 is 0 Å². The number of nitrogens with one attached hydrogen (secondary N) is 1. The summed E-state index contributed by atoms with van der Waals surface area (Å²) < 4.78 is 39.4. The number of nitrogen functional groups attached to an aromatic ring is 1. The van der Waals surface area contributed by atoms with Crippen molar-refractivity contribution in [2.45, 2.75) is 11.8 Å². The van der Waals surface area contributed by atoms with Crippen LogP contribution in [0.1, 0.15) is 5.56 Å². The van der Waals surface area contributed by atoms with Crippen LogP contribution in [-0.4, -0.2) is 8.42 Å². The molecule has 0 aliphatic carbocycles. The van der Waals surface area contributed by atoms with Gasteiger partial charge in [0.15, 0.2) is 0 Å². The molecule has 0 fully saturated rings. The van der Waals surface area contributed by atoms with E-state index in [1.807, 2.05) is 6.92 Å². The number of anilines is 2. The molecule has 2 aromatic rings. The summed E-state index contributed by atoms with van der Waals surface area (Å²) in [5.74, 6) is -0.518. The highest BCUT2D eigenvalue weighted by Crippen LogP contribution is 2.23. The van der Waals surface area contributed by atoms with Crippen LogP contribution in [-0.2, 0) is 10.0 Å². The summed E-state index contributed by atoms with van der Waals surface area (Å²) in [7, 11) is -3.72. The fraction of sp³-hybridized carbons (Fsp3) is 0.0769. The van der Waals surface area contributed by atoms with E-state index in [2.05, 4.69) is 4.72 Å². The third-order valence-corrected chi connectivity index (χ3v) is 3.97. The van der Waals surface area contributed by atoms with Gasteiger partial charge in [0.05, 0.1) is 16.3 Å². The molecule has 0 radical (unpaired) electrons. The molecular weight excluding hydrogens is 267 g/mol. The highest BCUT2D eigenvalue weighted by atomic mass is 32.2. The van der Waals surface area contributed by atoms with Crippen LogP contribution in [0.2, 0.25) is 0 Å². The molecule has 2 aromatic carbocycles. The Labute approximate surface area is 111 Å². The van der Waals surface area contributed by atoms with Crippen molar-refractivity contribution in [2.75, 3.05) is 10.5 Å². The minimum Gasteiger partial charge on any atom is -0.397 e. The molecule has 0 aliphatic heterocycles. The summed E-state index contributed by atoms with van der Waals surface area (Å²) in [6, 6.07) is 9.88. The van der Waals surface area contributed by atoms with Crippen molar-refractivity contribution in [1.29, 1.82) is 0 Å². The number of hydrogen-bond donors (Lipinski definition) is 2. The van der Waals surface area contributed by atoms with Crippen LogP contribution in [0.4, 0.5) is 15.8 Å². The highest BCUT2D eigenvalue weighted by molar-refractivity contribution is 7.92. The Balaban J connectivity index is 2.33. The van der Waals surface area contributed by atoms with E-state index >= 15 is 0 Å². The maximum Gasteiger partial charge on any atom is 0.261 e. The van der Waals surface area contributed by atoms with E-state index in [1.54, 1.807) is 12.1 Å². The maximum atomic E-state index is 12.9. The second kappa shape index (κ2) is 4.89. The van der Waals surface area contributed by atoms with Crippen LogP contribution < -0.4 is 10.5 Å². The molecule has 0 bridgehead atoms. The van der Waals surface area contributed by atoms with Gasteiger partial charge in [-0.3, -0.25) is 4.72 Å². The van der Waals surface area contributed by atoms with E-state index < -0.39 is 15.8 Å². The normalized spacial score (nSPS) is 11.3. The second-order valence-electron chi connectivity index (χ2n) is 4.15. The molecule has 0 heterocycles. The molecule has 0 atom stereocenters.